The van der Waals surface area contributed by atoms with Gasteiger partial charge in [-0.2, -0.15) is 0 Å². The maximum absolute atomic E-state index is 12.1. The Morgan fingerprint density at radius 2 is 1.75 bits per heavy atom. The Morgan fingerprint density at radius 3 is 2.38 bits per heavy atom. The molecule has 2 N–H and O–H groups in total. The maximum atomic E-state index is 12.1. The second kappa shape index (κ2) is 7.77. The molecule has 0 aliphatic carbocycles. The number of nitrogens with one attached hydrogen (secondary N) is 1. The van der Waals surface area contributed by atoms with Crippen LogP contribution in [0.3, 0.4) is 0 Å². The second-order valence-electron chi connectivity index (χ2n) is 6.23. The summed E-state index contributed by atoms with van der Waals surface area (Å²) in [5.74, 6) is -1.56. The second-order valence-corrected chi connectivity index (χ2v) is 6.23. The van der Waals surface area contributed by atoms with Crippen molar-refractivity contribution in [2.24, 2.45) is 0 Å². The summed E-state index contributed by atoms with van der Waals surface area (Å²) in [6.07, 6.45) is 1.07. The van der Waals surface area contributed by atoms with Gasteiger partial charge >= 0.3 is 5.97 Å². The Morgan fingerprint density at radius 1 is 1.08 bits per heavy atom. The number of aryl methyl sites for hydroxylation is 3. The Kier molecular flexibility index (Phi) is 5.74. The van der Waals surface area contributed by atoms with Gasteiger partial charge < -0.3 is 10.4 Å². The van der Waals surface area contributed by atoms with Crippen LogP contribution in [0, 0.1) is 13.8 Å². The molecule has 0 fully saturated rings. The van der Waals surface area contributed by atoms with Gasteiger partial charge in [-0.3, -0.25) is 9.59 Å². The Hall–Kier alpha value is -2.62. The van der Waals surface area contributed by atoms with E-state index in [-0.39, 0.29) is 5.91 Å². The summed E-state index contributed by atoms with van der Waals surface area (Å²) in [5, 5.41) is 11.9. The molecule has 0 aromatic heterocycles. The molecule has 4 heteroatoms. The van der Waals surface area contributed by atoms with E-state index in [0.717, 1.165) is 5.56 Å². The van der Waals surface area contributed by atoms with Crippen LogP contribution in [0.15, 0.2) is 42.5 Å². The van der Waals surface area contributed by atoms with Crippen molar-refractivity contribution in [3.8, 4) is 0 Å². The number of aliphatic carboxylic acids is 1. The lowest BCUT2D eigenvalue weighted by atomic mass is 10.0. The van der Waals surface area contributed by atoms with Crippen LogP contribution >= 0.6 is 0 Å². The largest absolute Gasteiger partial charge is 0.481 e. The van der Waals surface area contributed by atoms with Crippen LogP contribution in [-0.4, -0.2) is 17.0 Å². The standard InChI is InChI=1S/C20H23NO3/c1-13-9-14(2)11-16(10-13)7-8-19(22)21-18-6-4-5-17(12-18)15(3)20(23)24/h4-6,9-12,15H,7-8H2,1-3H3,(H,21,22)(H,23,24). The SMILES string of the molecule is Cc1cc(C)cc(CCC(=O)Nc2cccc(C(C)C(=O)O)c2)c1. The number of rotatable bonds is 6. The number of hydrogen-bond donors (Lipinski definition) is 2. The zero-order valence-electron chi connectivity index (χ0n) is 14.3. The highest BCUT2D eigenvalue weighted by molar-refractivity contribution is 5.91. The van der Waals surface area contributed by atoms with Crippen molar-refractivity contribution in [3.05, 3.63) is 64.7 Å². The molecule has 0 saturated carbocycles. The van der Waals surface area contributed by atoms with E-state index in [9.17, 15) is 9.59 Å². The molecule has 2 aromatic carbocycles. The number of carbonyl (C=O) groups excluding carboxylic acids is 1. The minimum atomic E-state index is -0.881. The van der Waals surface area contributed by atoms with Crippen LogP contribution in [0.5, 0.6) is 0 Å². The average Bonchev–Trinajstić information content (AvgIpc) is 2.51. The summed E-state index contributed by atoms with van der Waals surface area (Å²) in [6.45, 7) is 5.72. The fraction of sp³-hybridized carbons (Fsp3) is 0.300. The highest BCUT2D eigenvalue weighted by Crippen LogP contribution is 2.20. The lowest BCUT2D eigenvalue weighted by Gasteiger charge is -2.10. The highest BCUT2D eigenvalue weighted by atomic mass is 16.4. The van der Waals surface area contributed by atoms with E-state index in [1.165, 1.54) is 11.1 Å². The summed E-state index contributed by atoms with van der Waals surface area (Å²) in [6, 6.07) is 13.3. The van der Waals surface area contributed by atoms with Gasteiger partial charge in [-0.15, -0.1) is 0 Å². The molecule has 2 aromatic rings. The molecule has 24 heavy (non-hydrogen) atoms. The fourth-order valence-corrected chi connectivity index (χ4v) is 2.72. The number of carboxylic acid groups (broad SMARTS) is 1. The Balaban J connectivity index is 1.97. The molecular weight excluding hydrogens is 302 g/mol. The van der Waals surface area contributed by atoms with Gasteiger partial charge in [0.15, 0.2) is 0 Å². The zero-order valence-corrected chi connectivity index (χ0v) is 14.3. The predicted molar refractivity (Wildman–Crippen MR) is 95.4 cm³/mol. The van der Waals surface area contributed by atoms with Gasteiger partial charge in [0.25, 0.3) is 0 Å². The van der Waals surface area contributed by atoms with E-state index in [4.69, 9.17) is 5.11 Å². The molecule has 1 atom stereocenters. The monoisotopic (exact) mass is 325 g/mol. The van der Waals surface area contributed by atoms with Crippen LogP contribution in [-0.2, 0) is 16.0 Å². The molecule has 4 nitrogen and oxygen atoms in total. The number of carbonyl (C=O) groups is 2. The zero-order chi connectivity index (χ0) is 17.7. The topological polar surface area (TPSA) is 66.4 Å². The van der Waals surface area contributed by atoms with Crippen molar-refractivity contribution >= 4 is 17.6 Å². The molecule has 0 aliphatic rings. The first-order chi connectivity index (χ1) is 11.3. The number of anilines is 1. The van der Waals surface area contributed by atoms with Crippen LogP contribution < -0.4 is 5.32 Å². The summed E-state index contributed by atoms with van der Waals surface area (Å²) in [5.41, 5.74) is 4.85. The van der Waals surface area contributed by atoms with Crippen LogP contribution in [0.4, 0.5) is 5.69 Å². The first-order valence-corrected chi connectivity index (χ1v) is 8.05. The number of amides is 1. The van der Waals surface area contributed by atoms with Gasteiger partial charge in [0.05, 0.1) is 5.92 Å². The molecule has 1 unspecified atom stereocenters. The first-order valence-electron chi connectivity index (χ1n) is 8.05. The molecular formula is C20H23NO3. The smallest absolute Gasteiger partial charge is 0.310 e. The van der Waals surface area contributed by atoms with Gasteiger partial charge in [0, 0.05) is 12.1 Å². The molecule has 1 amide bonds. The van der Waals surface area contributed by atoms with Crippen molar-refractivity contribution in [2.75, 3.05) is 5.32 Å². The molecule has 2 rings (SSSR count). The Labute approximate surface area is 142 Å². The first kappa shape index (κ1) is 17.7. The van der Waals surface area contributed by atoms with Crippen molar-refractivity contribution in [1.82, 2.24) is 0 Å². The minimum absolute atomic E-state index is 0.0747. The Bertz CT molecular complexity index is 732. The molecule has 0 radical (unpaired) electrons. The lowest BCUT2D eigenvalue weighted by molar-refractivity contribution is -0.138. The third kappa shape index (κ3) is 4.95. The van der Waals surface area contributed by atoms with Crippen LogP contribution in [0.1, 0.15) is 41.5 Å². The van der Waals surface area contributed by atoms with E-state index in [2.05, 4.69) is 23.5 Å². The van der Waals surface area contributed by atoms with Crippen molar-refractivity contribution in [2.45, 2.75) is 39.5 Å². The molecule has 0 saturated heterocycles. The van der Waals surface area contributed by atoms with Crippen molar-refractivity contribution in [3.63, 3.8) is 0 Å². The minimum Gasteiger partial charge on any atom is -0.481 e. The molecule has 126 valence electrons. The molecule has 0 bridgehead atoms. The predicted octanol–water partition coefficient (Wildman–Crippen LogP) is 4.06. The normalized spacial score (nSPS) is 11.8. The molecule has 0 spiro atoms. The molecule has 0 heterocycles. The summed E-state index contributed by atoms with van der Waals surface area (Å²) >= 11 is 0. The van der Waals surface area contributed by atoms with E-state index in [1.807, 2.05) is 13.8 Å². The third-order valence-electron chi connectivity index (χ3n) is 3.96. The van der Waals surface area contributed by atoms with Gasteiger partial charge in [0.1, 0.15) is 0 Å². The number of carboxylic acids is 1. The lowest BCUT2D eigenvalue weighted by Crippen LogP contribution is -2.13. The summed E-state index contributed by atoms with van der Waals surface area (Å²) in [4.78, 5) is 23.2. The molecule has 0 aliphatic heterocycles. The highest BCUT2D eigenvalue weighted by Gasteiger charge is 2.14. The van der Waals surface area contributed by atoms with E-state index >= 15 is 0 Å². The van der Waals surface area contributed by atoms with Crippen molar-refractivity contribution in [1.29, 1.82) is 0 Å². The van der Waals surface area contributed by atoms with Gasteiger partial charge in [-0.1, -0.05) is 41.5 Å². The fourth-order valence-electron chi connectivity index (χ4n) is 2.72. The van der Waals surface area contributed by atoms with Gasteiger partial charge in [0.2, 0.25) is 5.91 Å². The van der Waals surface area contributed by atoms with E-state index in [0.29, 0.717) is 24.1 Å². The number of benzene rings is 2. The summed E-state index contributed by atoms with van der Waals surface area (Å²) < 4.78 is 0. The van der Waals surface area contributed by atoms with E-state index in [1.54, 1.807) is 31.2 Å². The maximum Gasteiger partial charge on any atom is 0.310 e. The average molecular weight is 325 g/mol. The summed E-state index contributed by atoms with van der Waals surface area (Å²) in [7, 11) is 0. The van der Waals surface area contributed by atoms with Gasteiger partial charge in [-0.25, -0.2) is 0 Å². The number of hydrogen-bond acceptors (Lipinski definition) is 2. The quantitative estimate of drug-likeness (QED) is 0.841. The third-order valence-corrected chi connectivity index (χ3v) is 3.96. The van der Waals surface area contributed by atoms with Gasteiger partial charge in [-0.05, 0) is 50.5 Å². The van der Waals surface area contributed by atoms with Crippen molar-refractivity contribution < 1.29 is 14.7 Å². The van der Waals surface area contributed by atoms with E-state index < -0.39 is 11.9 Å². The van der Waals surface area contributed by atoms with Crippen LogP contribution in [0.2, 0.25) is 0 Å². The van der Waals surface area contributed by atoms with Crippen LogP contribution in [0.25, 0.3) is 0 Å².